The summed E-state index contributed by atoms with van der Waals surface area (Å²) in [5, 5.41) is 6.27. The maximum absolute atomic E-state index is 13.3. The molecule has 5 heteroatoms. The third-order valence-corrected chi connectivity index (χ3v) is 14.6. The number of benzene rings is 1. The van der Waals surface area contributed by atoms with Crippen LogP contribution in [0, 0.1) is 0 Å². The highest BCUT2D eigenvalue weighted by Gasteiger charge is 2.16. The van der Waals surface area contributed by atoms with Gasteiger partial charge < -0.3 is 15.4 Å². The summed E-state index contributed by atoms with van der Waals surface area (Å²) in [5.41, 5.74) is 1.11. The molecule has 0 radical (unpaired) electrons. The summed E-state index contributed by atoms with van der Waals surface area (Å²) in [4.78, 5) is 26.5. The van der Waals surface area contributed by atoms with Crippen LogP contribution in [0.25, 0.3) is 0 Å². The van der Waals surface area contributed by atoms with Gasteiger partial charge >= 0.3 is 0 Å². The zero-order chi connectivity index (χ0) is 48.9. The van der Waals surface area contributed by atoms with Gasteiger partial charge in [0, 0.05) is 18.7 Å². The molecule has 0 saturated heterocycles. The van der Waals surface area contributed by atoms with Crippen molar-refractivity contribution in [1.82, 2.24) is 10.6 Å². The van der Waals surface area contributed by atoms with E-state index in [4.69, 9.17) is 4.74 Å². The van der Waals surface area contributed by atoms with E-state index < -0.39 is 0 Å². The molecule has 0 unspecified atom stereocenters. The predicted molar refractivity (Wildman–Crippen MR) is 300 cm³/mol. The number of unbranched alkanes of at least 4 members (excludes halogenated alkanes) is 46. The normalized spacial score (nSPS) is 11.4. The van der Waals surface area contributed by atoms with E-state index in [9.17, 15) is 9.59 Å². The van der Waals surface area contributed by atoms with Crippen molar-refractivity contribution in [3.05, 3.63) is 29.3 Å². The number of carbonyl (C=O) groups is 2. The molecule has 0 fully saturated rings. The SMILES string of the molecule is CCCCCCCCCCCCCCCCCCCCCCCCNC(=O)c1ccc(C(=O)NCCCCCCCCCCCCCCCCCCCCCCCC)c(OCCCCCCC)c1. The van der Waals surface area contributed by atoms with E-state index >= 15 is 0 Å². The highest BCUT2D eigenvalue weighted by atomic mass is 16.5. The average Bonchev–Trinajstić information content (AvgIpc) is 3.35. The number of ether oxygens (including phenoxy) is 1. The number of hydrogen-bond acceptors (Lipinski definition) is 3. The molecule has 5 nitrogen and oxygen atoms in total. The Morgan fingerprint density at radius 1 is 0.324 bits per heavy atom. The van der Waals surface area contributed by atoms with Gasteiger partial charge in [-0.3, -0.25) is 9.59 Å². The Balaban J connectivity index is 2.14. The van der Waals surface area contributed by atoms with Gasteiger partial charge in [-0.2, -0.15) is 0 Å². The second-order valence-electron chi connectivity index (χ2n) is 21.3. The Morgan fingerprint density at radius 2 is 0.574 bits per heavy atom. The molecule has 2 amide bonds. The fourth-order valence-corrected chi connectivity index (χ4v) is 9.93. The van der Waals surface area contributed by atoms with Crippen LogP contribution in [0.15, 0.2) is 18.2 Å². The quantitative estimate of drug-likeness (QED) is 0.0640. The van der Waals surface area contributed by atoms with Crippen molar-refractivity contribution in [2.24, 2.45) is 0 Å². The van der Waals surface area contributed by atoms with Crippen LogP contribution in [0.4, 0.5) is 0 Å². The second kappa shape index (κ2) is 52.8. The van der Waals surface area contributed by atoms with Gasteiger partial charge in [0.2, 0.25) is 0 Å². The van der Waals surface area contributed by atoms with Gasteiger partial charge in [-0.1, -0.05) is 316 Å². The van der Waals surface area contributed by atoms with Gasteiger partial charge in [0.05, 0.1) is 12.2 Å². The van der Waals surface area contributed by atoms with Crippen LogP contribution in [-0.2, 0) is 0 Å². The standard InChI is InChI=1S/C63H118N2O3/c1-4-7-10-13-15-17-19-21-23-25-27-29-31-33-35-37-39-41-43-45-47-50-55-64-62(66)59-53-54-60(61(58-59)68-57-52-49-12-9-6-3)63(67)65-56-51-48-46-44-42-40-38-36-34-32-30-28-26-24-22-20-18-16-14-11-8-5-2/h53-54,58H,4-52,55-57H2,1-3H3,(H,64,66)(H,65,67). The van der Waals surface area contributed by atoms with Crippen LogP contribution in [0.3, 0.4) is 0 Å². The Hall–Kier alpha value is -2.04. The lowest BCUT2D eigenvalue weighted by atomic mass is 10.0. The Bertz CT molecular complexity index is 1200. The lowest BCUT2D eigenvalue weighted by Gasteiger charge is -2.14. The minimum Gasteiger partial charge on any atom is -0.493 e. The van der Waals surface area contributed by atoms with Crippen molar-refractivity contribution in [2.45, 2.75) is 335 Å². The van der Waals surface area contributed by atoms with Gasteiger partial charge in [-0.15, -0.1) is 0 Å². The van der Waals surface area contributed by atoms with E-state index in [1.54, 1.807) is 18.2 Å². The van der Waals surface area contributed by atoms with Crippen molar-refractivity contribution in [3.8, 4) is 5.75 Å². The lowest BCUT2D eigenvalue weighted by Crippen LogP contribution is -2.26. The molecule has 0 saturated carbocycles. The molecular weight excluding hydrogens is 833 g/mol. The van der Waals surface area contributed by atoms with E-state index in [0.717, 1.165) is 38.5 Å². The minimum absolute atomic E-state index is 0.0805. The fraction of sp³-hybridized carbons (Fsp3) is 0.873. The summed E-state index contributed by atoms with van der Waals surface area (Å²) >= 11 is 0. The van der Waals surface area contributed by atoms with Gasteiger partial charge in [-0.05, 0) is 37.5 Å². The monoisotopic (exact) mass is 951 g/mol. The van der Waals surface area contributed by atoms with E-state index in [1.165, 1.54) is 276 Å². The molecule has 0 aromatic heterocycles. The van der Waals surface area contributed by atoms with Crippen LogP contribution in [0.5, 0.6) is 5.75 Å². The molecule has 398 valence electrons. The molecule has 0 aliphatic rings. The van der Waals surface area contributed by atoms with Crippen molar-refractivity contribution >= 4 is 11.8 Å². The third kappa shape index (κ3) is 42.8. The number of nitrogens with one attached hydrogen (secondary N) is 2. The van der Waals surface area contributed by atoms with E-state index in [2.05, 4.69) is 31.4 Å². The first kappa shape index (κ1) is 64.0. The summed E-state index contributed by atoms with van der Waals surface area (Å²) < 4.78 is 6.20. The molecule has 1 aromatic rings. The first-order chi connectivity index (χ1) is 33.6. The minimum atomic E-state index is -0.101. The first-order valence-corrected chi connectivity index (χ1v) is 31.0. The third-order valence-electron chi connectivity index (χ3n) is 14.6. The summed E-state index contributed by atoms with van der Waals surface area (Å²) in [6.07, 6.45) is 66.3. The van der Waals surface area contributed by atoms with Gasteiger partial charge in [-0.25, -0.2) is 0 Å². The Kier molecular flexibility index (Phi) is 49.7. The summed E-state index contributed by atoms with van der Waals surface area (Å²) in [6.45, 7) is 8.75. The van der Waals surface area contributed by atoms with Crippen LogP contribution >= 0.6 is 0 Å². The van der Waals surface area contributed by atoms with E-state index in [0.29, 0.717) is 36.6 Å². The molecule has 1 aromatic carbocycles. The van der Waals surface area contributed by atoms with Crippen molar-refractivity contribution in [3.63, 3.8) is 0 Å². The van der Waals surface area contributed by atoms with Crippen LogP contribution in [0.2, 0.25) is 0 Å². The second-order valence-corrected chi connectivity index (χ2v) is 21.3. The molecule has 0 bridgehead atoms. The maximum Gasteiger partial charge on any atom is 0.255 e. The molecule has 0 aliphatic heterocycles. The zero-order valence-corrected chi connectivity index (χ0v) is 46.2. The predicted octanol–water partition coefficient (Wildman–Crippen LogP) is 20.7. The highest BCUT2D eigenvalue weighted by Crippen LogP contribution is 2.23. The molecule has 0 aliphatic carbocycles. The Morgan fingerprint density at radius 3 is 0.868 bits per heavy atom. The molecule has 0 heterocycles. The van der Waals surface area contributed by atoms with Gasteiger partial charge in [0.1, 0.15) is 5.75 Å². The first-order valence-electron chi connectivity index (χ1n) is 31.0. The highest BCUT2D eigenvalue weighted by molar-refractivity contribution is 6.00. The van der Waals surface area contributed by atoms with Gasteiger partial charge in [0.15, 0.2) is 0 Å². The summed E-state index contributed by atoms with van der Waals surface area (Å²) in [5.74, 6) is 0.350. The number of rotatable bonds is 55. The topological polar surface area (TPSA) is 67.4 Å². The average molecular weight is 952 g/mol. The number of hydrogen-bond donors (Lipinski definition) is 2. The Labute approximate surface area is 425 Å². The smallest absolute Gasteiger partial charge is 0.255 e. The van der Waals surface area contributed by atoms with Crippen molar-refractivity contribution in [1.29, 1.82) is 0 Å². The maximum atomic E-state index is 13.3. The molecule has 0 spiro atoms. The molecule has 68 heavy (non-hydrogen) atoms. The van der Waals surface area contributed by atoms with Crippen LogP contribution in [-0.4, -0.2) is 31.5 Å². The largest absolute Gasteiger partial charge is 0.493 e. The lowest BCUT2D eigenvalue weighted by molar-refractivity contribution is 0.0937. The van der Waals surface area contributed by atoms with Crippen molar-refractivity contribution < 1.29 is 14.3 Å². The number of amides is 2. The van der Waals surface area contributed by atoms with Gasteiger partial charge in [0.25, 0.3) is 11.8 Å². The molecule has 1 rings (SSSR count). The zero-order valence-electron chi connectivity index (χ0n) is 46.2. The summed E-state index contributed by atoms with van der Waals surface area (Å²) in [6, 6.07) is 5.36. The fourth-order valence-electron chi connectivity index (χ4n) is 9.93. The van der Waals surface area contributed by atoms with Crippen LogP contribution < -0.4 is 15.4 Å². The molecule has 0 atom stereocenters. The molecular formula is C63H118N2O3. The number of carbonyl (C=O) groups excluding carboxylic acids is 2. The molecule has 2 N–H and O–H groups in total. The van der Waals surface area contributed by atoms with Crippen LogP contribution in [0.1, 0.15) is 356 Å². The summed E-state index contributed by atoms with van der Waals surface area (Å²) in [7, 11) is 0. The van der Waals surface area contributed by atoms with E-state index in [1.807, 2.05) is 0 Å². The van der Waals surface area contributed by atoms with Crippen molar-refractivity contribution in [2.75, 3.05) is 19.7 Å². The van der Waals surface area contributed by atoms with E-state index in [-0.39, 0.29) is 11.8 Å².